The summed E-state index contributed by atoms with van der Waals surface area (Å²) < 4.78 is 0. The molecule has 1 amide bonds. The Balaban J connectivity index is 2.93. The van der Waals surface area contributed by atoms with E-state index in [1.807, 2.05) is 38.1 Å². The summed E-state index contributed by atoms with van der Waals surface area (Å²) in [6.45, 7) is 3.98. The van der Waals surface area contributed by atoms with Gasteiger partial charge in [0.05, 0.1) is 6.07 Å². The Labute approximate surface area is 89.7 Å². The monoisotopic (exact) mass is 202 g/mol. The first-order valence-corrected chi connectivity index (χ1v) is 4.94. The molecule has 0 saturated heterocycles. The SMILES string of the molecule is CCc1cccc(C)c1NC(=O)CC#N. The molecule has 1 aromatic rings. The molecule has 0 aliphatic rings. The Morgan fingerprint density at radius 2 is 2.27 bits per heavy atom. The minimum atomic E-state index is -0.249. The lowest BCUT2D eigenvalue weighted by atomic mass is 10.1. The molecule has 0 spiro atoms. The van der Waals surface area contributed by atoms with Crippen LogP contribution in [0.15, 0.2) is 18.2 Å². The molecule has 0 aromatic heterocycles. The van der Waals surface area contributed by atoms with Crippen LogP contribution in [0.4, 0.5) is 5.69 Å². The van der Waals surface area contributed by atoms with Crippen molar-refractivity contribution in [3.63, 3.8) is 0 Å². The highest BCUT2D eigenvalue weighted by atomic mass is 16.1. The van der Waals surface area contributed by atoms with Crippen molar-refractivity contribution in [1.29, 1.82) is 5.26 Å². The molecule has 0 aliphatic heterocycles. The van der Waals surface area contributed by atoms with Crippen LogP contribution in [0.5, 0.6) is 0 Å². The van der Waals surface area contributed by atoms with Crippen LogP contribution >= 0.6 is 0 Å². The van der Waals surface area contributed by atoms with E-state index in [0.717, 1.165) is 23.2 Å². The van der Waals surface area contributed by atoms with Crippen molar-refractivity contribution >= 4 is 11.6 Å². The van der Waals surface area contributed by atoms with E-state index in [2.05, 4.69) is 5.32 Å². The summed E-state index contributed by atoms with van der Waals surface area (Å²) in [5, 5.41) is 11.2. The van der Waals surface area contributed by atoms with Crippen LogP contribution in [0.1, 0.15) is 24.5 Å². The van der Waals surface area contributed by atoms with Crippen molar-refractivity contribution in [2.75, 3.05) is 5.32 Å². The smallest absolute Gasteiger partial charge is 0.238 e. The number of para-hydroxylation sites is 1. The number of hydrogen-bond acceptors (Lipinski definition) is 2. The molecule has 1 rings (SSSR count). The van der Waals surface area contributed by atoms with Gasteiger partial charge in [0, 0.05) is 5.69 Å². The molecular weight excluding hydrogens is 188 g/mol. The molecule has 3 nitrogen and oxygen atoms in total. The van der Waals surface area contributed by atoms with Gasteiger partial charge in [-0.2, -0.15) is 5.26 Å². The average molecular weight is 202 g/mol. The number of benzene rings is 1. The largest absolute Gasteiger partial charge is 0.325 e. The van der Waals surface area contributed by atoms with E-state index in [1.165, 1.54) is 0 Å². The van der Waals surface area contributed by atoms with E-state index in [1.54, 1.807) is 0 Å². The van der Waals surface area contributed by atoms with Crippen LogP contribution in [-0.2, 0) is 11.2 Å². The van der Waals surface area contributed by atoms with Gasteiger partial charge in [-0.1, -0.05) is 25.1 Å². The van der Waals surface area contributed by atoms with Crippen molar-refractivity contribution < 1.29 is 4.79 Å². The number of carbonyl (C=O) groups excluding carboxylic acids is 1. The van der Waals surface area contributed by atoms with E-state index in [9.17, 15) is 4.79 Å². The summed E-state index contributed by atoms with van der Waals surface area (Å²) in [7, 11) is 0. The molecule has 0 bridgehead atoms. The molecule has 0 unspecified atom stereocenters. The van der Waals surface area contributed by atoms with E-state index in [-0.39, 0.29) is 12.3 Å². The molecule has 1 aromatic carbocycles. The molecule has 0 radical (unpaired) electrons. The molecule has 0 atom stereocenters. The van der Waals surface area contributed by atoms with Gasteiger partial charge in [0.15, 0.2) is 0 Å². The van der Waals surface area contributed by atoms with E-state index in [0.29, 0.717) is 0 Å². The van der Waals surface area contributed by atoms with Gasteiger partial charge < -0.3 is 5.32 Å². The van der Waals surface area contributed by atoms with Gasteiger partial charge in [-0.05, 0) is 24.5 Å². The van der Waals surface area contributed by atoms with Gasteiger partial charge in [-0.15, -0.1) is 0 Å². The third kappa shape index (κ3) is 2.81. The van der Waals surface area contributed by atoms with Crippen molar-refractivity contribution in [3.8, 4) is 6.07 Å². The molecule has 0 saturated carbocycles. The average Bonchev–Trinajstić information content (AvgIpc) is 2.21. The normalized spacial score (nSPS) is 9.40. The van der Waals surface area contributed by atoms with Crippen molar-refractivity contribution in [2.45, 2.75) is 26.7 Å². The van der Waals surface area contributed by atoms with Crippen LogP contribution in [0.25, 0.3) is 0 Å². The Bertz CT molecular complexity index is 405. The molecule has 1 N–H and O–H groups in total. The van der Waals surface area contributed by atoms with Gasteiger partial charge in [0.2, 0.25) is 5.91 Å². The summed E-state index contributed by atoms with van der Waals surface area (Å²) >= 11 is 0. The van der Waals surface area contributed by atoms with Crippen LogP contribution in [0.3, 0.4) is 0 Å². The number of amides is 1. The fourth-order valence-corrected chi connectivity index (χ4v) is 1.46. The van der Waals surface area contributed by atoms with E-state index in [4.69, 9.17) is 5.26 Å². The first-order valence-electron chi connectivity index (χ1n) is 4.94. The summed E-state index contributed by atoms with van der Waals surface area (Å²) in [6, 6.07) is 7.73. The van der Waals surface area contributed by atoms with Crippen LogP contribution in [0, 0.1) is 18.3 Å². The van der Waals surface area contributed by atoms with Crippen molar-refractivity contribution in [2.24, 2.45) is 0 Å². The number of nitrogens with one attached hydrogen (secondary N) is 1. The Morgan fingerprint density at radius 3 is 2.87 bits per heavy atom. The summed E-state index contributed by atoms with van der Waals surface area (Å²) in [5.41, 5.74) is 2.97. The Kier molecular flexibility index (Phi) is 3.87. The van der Waals surface area contributed by atoms with Crippen LogP contribution in [-0.4, -0.2) is 5.91 Å². The molecule has 15 heavy (non-hydrogen) atoms. The number of hydrogen-bond donors (Lipinski definition) is 1. The highest BCUT2D eigenvalue weighted by Gasteiger charge is 2.07. The standard InChI is InChI=1S/C12H14N2O/c1-3-10-6-4-5-9(2)12(10)14-11(15)7-8-13/h4-6H,3,7H2,1-2H3,(H,14,15). The fourth-order valence-electron chi connectivity index (χ4n) is 1.46. The van der Waals surface area contributed by atoms with Gasteiger partial charge in [-0.25, -0.2) is 0 Å². The first kappa shape index (κ1) is 11.3. The molecule has 3 heteroatoms. The first-order chi connectivity index (χ1) is 7.19. The second-order valence-electron chi connectivity index (χ2n) is 3.35. The highest BCUT2D eigenvalue weighted by molar-refractivity contribution is 5.93. The minimum absolute atomic E-state index is 0.0997. The fraction of sp³-hybridized carbons (Fsp3) is 0.333. The molecular formula is C12H14N2O. The van der Waals surface area contributed by atoms with E-state index >= 15 is 0 Å². The van der Waals surface area contributed by atoms with Gasteiger partial charge in [-0.3, -0.25) is 4.79 Å². The Hall–Kier alpha value is -1.82. The molecule has 78 valence electrons. The second kappa shape index (κ2) is 5.16. The summed E-state index contributed by atoms with van der Waals surface area (Å²) in [4.78, 5) is 11.3. The van der Waals surface area contributed by atoms with Gasteiger partial charge in [0.25, 0.3) is 0 Å². The lowest BCUT2D eigenvalue weighted by Crippen LogP contribution is -2.12. The quantitative estimate of drug-likeness (QED) is 0.818. The maximum absolute atomic E-state index is 11.3. The number of rotatable bonds is 3. The maximum atomic E-state index is 11.3. The molecule has 0 heterocycles. The maximum Gasteiger partial charge on any atom is 0.238 e. The zero-order chi connectivity index (χ0) is 11.3. The summed E-state index contributed by atoms with van der Waals surface area (Å²) in [6.07, 6.45) is 0.765. The lowest BCUT2D eigenvalue weighted by Gasteiger charge is -2.11. The molecule has 0 fully saturated rings. The third-order valence-corrected chi connectivity index (χ3v) is 2.24. The van der Waals surface area contributed by atoms with Gasteiger partial charge in [0.1, 0.15) is 6.42 Å². The number of aryl methyl sites for hydroxylation is 2. The Morgan fingerprint density at radius 1 is 1.53 bits per heavy atom. The van der Waals surface area contributed by atoms with Gasteiger partial charge >= 0.3 is 0 Å². The molecule has 0 aliphatic carbocycles. The summed E-state index contributed by atoms with van der Waals surface area (Å²) in [5.74, 6) is -0.249. The van der Waals surface area contributed by atoms with Crippen LogP contribution < -0.4 is 5.32 Å². The number of nitriles is 1. The number of carbonyl (C=O) groups is 1. The lowest BCUT2D eigenvalue weighted by molar-refractivity contribution is -0.115. The van der Waals surface area contributed by atoms with E-state index < -0.39 is 0 Å². The third-order valence-electron chi connectivity index (χ3n) is 2.24. The van der Waals surface area contributed by atoms with Crippen LogP contribution in [0.2, 0.25) is 0 Å². The predicted octanol–water partition coefficient (Wildman–Crippen LogP) is 2.41. The second-order valence-corrected chi connectivity index (χ2v) is 3.35. The zero-order valence-electron chi connectivity index (χ0n) is 9.00. The highest BCUT2D eigenvalue weighted by Crippen LogP contribution is 2.20. The zero-order valence-corrected chi connectivity index (χ0v) is 9.00. The predicted molar refractivity (Wildman–Crippen MR) is 59.4 cm³/mol. The number of nitrogens with zero attached hydrogens (tertiary/aromatic N) is 1. The number of anilines is 1. The minimum Gasteiger partial charge on any atom is -0.325 e. The van der Waals surface area contributed by atoms with Crippen molar-refractivity contribution in [1.82, 2.24) is 0 Å². The topological polar surface area (TPSA) is 52.9 Å². The van der Waals surface area contributed by atoms with Crippen molar-refractivity contribution in [3.05, 3.63) is 29.3 Å².